The zero-order valence-corrected chi connectivity index (χ0v) is 9.26. The predicted molar refractivity (Wildman–Crippen MR) is 61.6 cm³/mol. The van der Waals surface area contributed by atoms with Crippen LogP contribution in [0.2, 0.25) is 5.15 Å². The van der Waals surface area contributed by atoms with Crippen LogP contribution in [0.25, 0.3) is 16.7 Å². The molecule has 0 aliphatic rings. The number of aromatic nitrogens is 4. The minimum absolute atomic E-state index is 0.327. The highest BCUT2D eigenvalue weighted by atomic mass is 35.5. The Labute approximate surface area is 101 Å². The molecule has 6 heteroatoms. The van der Waals surface area contributed by atoms with Crippen LogP contribution in [-0.2, 0) is 0 Å². The Morgan fingerprint density at radius 3 is 2.94 bits per heavy atom. The minimum Gasteiger partial charge on any atom is -0.224 e. The number of hydrogen-bond donors (Lipinski definition) is 0. The second-order valence-electron chi connectivity index (χ2n) is 3.44. The lowest BCUT2D eigenvalue weighted by Gasteiger charge is -2.02. The van der Waals surface area contributed by atoms with Crippen LogP contribution < -0.4 is 0 Å². The summed E-state index contributed by atoms with van der Waals surface area (Å²) in [5, 5.41) is 5.10. The van der Waals surface area contributed by atoms with Crippen molar-refractivity contribution in [3.63, 3.8) is 0 Å². The summed E-state index contributed by atoms with van der Waals surface area (Å²) < 4.78 is 14.7. The maximum atomic E-state index is 13.1. The molecular weight excluding hydrogens is 243 g/mol. The van der Waals surface area contributed by atoms with Crippen molar-refractivity contribution in [1.29, 1.82) is 0 Å². The van der Waals surface area contributed by atoms with Crippen LogP contribution in [0.1, 0.15) is 0 Å². The van der Waals surface area contributed by atoms with Gasteiger partial charge in [-0.25, -0.2) is 19.0 Å². The number of fused-ring (bicyclic) bond motifs is 1. The third kappa shape index (κ3) is 1.64. The number of nitrogens with zero attached hydrogens (tertiary/aromatic N) is 4. The maximum Gasteiger partial charge on any atom is 0.167 e. The minimum atomic E-state index is -0.327. The fraction of sp³-hybridized carbons (Fsp3) is 0. The molecule has 0 aliphatic heterocycles. The monoisotopic (exact) mass is 248 g/mol. The third-order valence-corrected chi connectivity index (χ3v) is 2.67. The standard InChI is InChI=1S/C11H6ClFN4/c12-10-9-5-16-17(11(9)15-6-14-10)8-3-1-2-7(13)4-8/h1-6H. The quantitative estimate of drug-likeness (QED) is 0.622. The number of halogens is 2. The smallest absolute Gasteiger partial charge is 0.167 e. The van der Waals surface area contributed by atoms with E-state index in [-0.39, 0.29) is 5.82 Å². The SMILES string of the molecule is Fc1cccc(-n2ncc3c(Cl)ncnc32)c1. The lowest BCUT2D eigenvalue weighted by molar-refractivity contribution is 0.625. The molecule has 4 nitrogen and oxygen atoms in total. The lowest BCUT2D eigenvalue weighted by Crippen LogP contribution is -1.98. The first kappa shape index (κ1) is 10.2. The molecule has 0 unspecified atom stereocenters. The van der Waals surface area contributed by atoms with Crippen molar-refractivity contribution in [2.75, 3.05) is 0 Å². The van der Waals surface area contributed by atoms with E-state index in [0.717, 1.165) is 0 Å². The van der Waals surface area contributed by atoms with Crippen molar-refractivity contribution in [1.82, 2.24) is 19.7 Å². The van der Waals surface area contributed by atoms with Crippen molar-refractivity contribution >= 4 is 22.6 Å². The predicted octanol–water partition coefficient (Wildman–Crippen LogP) is 2.61. The van der Waals surface area contributed by atoms with Gasteiger partial charge >= 0.3 is 0 Å². The van der Waals surface area contributed by atoms with Gasteiger partial charge in [0.05, 0.1) is 17.3 Å². The number of rotatable bonds is 1. The summed E-state index contributed by atoms with van der Waals surface area (Å²) in [4.78, 5) is 7.95. The summed E-state index contributed by atoms with van der Waals surface area (Å²) in [6.45, 7) is 0. The molecule has 0 saturated heterocycles. The van der Waals surface area contributed by atoms with Gasteiger partial charge in [0.1, 0.15) is 17.3 Å². The van der Waals surface area contributed by atoms with Crippen LogP contribution in [0.4, 0.5) is 4.39 Å². The van der Waals surface area contributed by atoms with Crippen LogP contribution in [0.5, 0.6) is 0 Å². The summed E-state index contributed by atoms with van der Waals surface area (Å²) >= 11 is 5.91. The van der Waals surface area contributed by atoms with Crippen molar-refractivity contribution in [3.8, 4) is 5.69 Å². The van der Waals surface area contributed by atoms with Gasteiger partial charge in [-0.3, -0.25) is 0 Å². The van der Waals surface area contributed by atoms with Crippen LogP contribution >= 0.6 is 11.6 Å². The first-order valence-corrected chi connectivity index (χ1v) is 5.23. The summed E-state index contributed by atoms with van der Waals surface area (Å²) in [6.07, 6.45) is 2.91. The first-order valence-electron chi connectivity index (χ1n) is 4.86. The zero-order valence-electron chi connectivity index (χ0n) is 8.51. The van der Waals surface area contributed by atoms with E-state index in [9.17, 15) is 4.39 Å². The van der Waals surface area contributed by atoms with Gasteiger partial charge in [0.15, 0.2) is 5.65 Å². The summed E-state index contributed by atoms with van der Waals surface area (Å²) in [5.74, 6) is -0.327. The van der Waals surface area contributed by atoms with Gasteiger partial charge in [-0.2, -0.15) is 5.10 Å². The molecule has 0 bridgehead atoms. The highest BCUT2D eigenvalue weighted by molar-refractivity contribution is 6.33. The Morgan fingerprint density at radius 2 is 2.12 bits per heavy atom. The van der Waals surface area contributed by atoms with Gasteiger partial charge in [-0.1, -0.05) is 17.7 Å². The second kappa shape index (κ2) is 3.78. The molecular formula is C11H6ClFN4. The van der Waals surface area contributed by atoms with E-state index in [0.29, 0.717) is 21.9 Å². The molecule has 2 heterocycles. The lowest BCUT2D eigenvalue weighted by atomic mass is 10.3. The Kier molecular flexibility index (Phi) is 2.26. The Balaban J connectivity index is 2.28. The van der Waals surface area contributed by atoms with E-state index in [4.69, 9.17) is 11.6 Å². The van der Waals surface area contributed by atoms with Gasteiger partial charge in [-0.15, -0.1) is 0 Å². The van der Waals surface area contributed by atoms with Crippen molar-refractivity contribution in [2.24, 2.45) is 0 Å². The molecule has 0 N–H and O–H groups in total. The maximum absolute atomic E-state index is 13.1. The van der Waals surface area contributed by atoms with E-state index in [2.05, 4.69) is 15.1 Å². The molecule has 0 spiro atoms. The van der Waals surface area contributed by atoms with Gasteiger partial charge in [0.25, 0.3) is 0 Å². The Hall–Kier alpha value is -2.01. The molecule has 0 saturated carbocycles. The molecule has 0 amide bonds. The van der Waals surface area contributed by atoms with E-state index < -0.39 is 0 Å². The van der Waals surface area contributed by atoms with Crippen LogP contribution in [-0.4, -0.2) is 19.7 Å². The summed E-state index contributed by atoms with van der Waals surface area (Å²) in [6, 6.07) is 6.10. The second-order valence-corrected chi connectivity index (χ2v) is 3.80. The van der Waals surface area contributed by atoms with Crippen molar-refractivity contribution < 1.29 is 4.39 Å². The normalized spacial score (nSPS) is 10.9. The summed E-state index contributed by atoms with van der Waals surface area (Å²) in [7, 11) is 0. The molecule has 1 aromatic carbocycles. The number of benzene rings is 1. The van der Waals surface area contributed by atoms with E-state index in [1.165, 1.54) is 23.1 Å². The van der Waals surface area contributed by atoms with E-state index >= 15 is 0 Å². The van der Waals surface area contributed by atoms with Crippen molar-refractivity contribution in [2.45, 2.75) is 0 Å². The molecule has 84 valence electrons. The summed E-state index contributed by atoms with van der Waals surface area (Å²) in [5.41, 5.74) is 1.14. The molecule has 17 heavy (non-hydrogen) atoms. The Bertz CT molecular complexity index is 695. The van der Waals surface area contributed by atoms with E-state index in [1.54, 1.807) is 18.3 Å². The number of hydrogen-bond acceptors (Lipinski definition) is 3. The molecule has 0 radical (unpaired) electrons. The third-order valence-electron chi connectivity index (χ3n) is 2.37. The topological polar surface area (TPSA) is 43.6 Å². The largest absolute Gasteiger partial charge is 0.224 e. The molecule has 0 fully saturated rings. The highest BCUT2D eigenvalue weighted by Crippen LogP contribution is 2.21. The molecule has 0 atom stereocenters. The first-order chi connectivity index (χ1) is 8.25. The fourth-order valence-corrected chi connectivity index (χ4v) is 1.79. The molecule has 3 rings (SSSR count). The molecule has 0 aliphatic carbocycles. The van der Waals surface area contributed by atoms with Crippen LogP contribution in [0.15, 0.2) is 36.8 Å². The van der Waals surface area contributed by atoms with Crippen LogP contribution in [0, 0.1) is 5.82 Å². The average molecular weight is 249 g/mol. The van der Waals surface area contributed by atoms with Gasteiger partial charge in [-0.05, 0) is 18.2 Å². The van der Waals surface area contributed by atoms with Gasteiger partial charge < -0.3 is 0 Å². The van der Waals surface area contributed by atoms with Crippen LogP contribution in [0.3, 0.4) is 0 Å². The molecule has 3 aromatic rings. The Morgan fingerprint density at radius 1 is 1.24 bits per heavy atom. The zero-order chi connectivity index (χ0) is 11.8. The molecule has 2 aromatic heterocycles. The fourth-order valence-electron chi connectivity index (χ4n) is 1.61. The van der Waals surface area contributed by atoms with Gasteiger partial charge in [0.2, 0.25) is 0 Å². The van der Waals surface area contributed by atoms with Crippen molar-refractivity contribution in [3.05, 3.63) is 47.8 Å². The highest BCUT2D eigenvalue weighted by Gasteiger charge is 2.09. The van der Waals surface area contributed by atoms with E-state index in [1.807, 2.05) is 0 Å². The van der Waals surface area contributed by atoms with Gasteiger partial charge in [0, 0.05) is 0 Å². The average Bonchev–Trinajstić information content (AvgIpc) is 2.74.